The van der Waals surface area contributed by atoms with Crippen molar-refractivity contribution in [2.24, 2.45) is 0 Å². The zero-order chi connectivity index (χ0) is 10.1. The van der Waals surface area contributed by atoms with Gasteiger partial charge in [-0.25, -0.2) is 4.79 Å². The van der Waals surface area contributed by atoms with E-state index in [4.69, 9.17) is 9.84 Å². The molecule has 76 valence electrons. The quantitative estimate of drug-likeness (QED) is 0.719. The zero-order valence-electron chi connectivity index (χ0n) is 8.59. The molecule has 13 heavy (non-hydrogen) atoms. The zero-order valence-corrected chi connectivity index (χ0v) is 8.59. The lowest BCUT2D eigenvalue weighted by Crippen LogP contribution is -2.50. The Morgan fingerprint density at radius 3 is 2.38 bits per heavy atom. The molecule has 0 aromatic rings. The molecule has 0 spiro atoms. The second kappa shape index (κ2) is 3.29. The third-order valence-electron chi connectivity index (χ3n) is 2.79. The second-order valence-electron chi connectivity index (χ2n) is 4.37. The Balaban J connectivity index is 2.82. The van der Waals surface area contributed by atoms with Crippen molar-refractivity contribution in [3.05, 3.63) is 0 Å². The third-order valence-corrected chi connectivity index (χ3v) is 2.79. The average Bonchev–Trinajstić information content (AvgIpc) is 2.02. The van der Waals surface area contributed by atoms with Gasteiger partial charge < -0.3 is 9.84 Å². The molecule has 1 aliphatic heterocycles. The number of rotatable bonds is 2. The van der Waals surface area contributed by atoms with E-state index in [9.17, 15) is 4.79 Å². The van der Waals surface area contributed by atoms with Gasteiger partial charge in [-0.1, -0.05) is 6.92 Å². The minimum Gasteiger partial charge on any atom is -0.479 e. The van der Waals surface area contributed by atoms with Crippen LogP contribution in [0.1, 0.15) is 46.5 Å². The SMILES string of the molecule is CC[C@@]1(C(=O)O)CCCC(C)(C)O1. The molecule has 3 nitrogen and oxygen atoms in total. The van der Waals surface area contributed by atoms with E-state index in [1.54, 1.807) is 0 Å². The fourth-order valence-electron chi connectivity index (χ4n) is 1.98. The molecule has 1 saturated heterocycles. The molecule has 0 aliphatic carbocycles. The first-order chi connectivity index (χ1) is 5.92. The van der Waals surface area contributed by atoms with Crippen LogP contribution >= 0.6 is 0 Å². The van der Waals surface area contributed by atoms with Crippen LogP contribution in [0.3, 0.4) is 0 Å². The van der Waals surface area contributed by atoms with Gasteiger partial charge in [0, 0.05) is 0 Å². The molecule has 1 heterocycles. The van der Waals surface area contributed by atoms with Crippen molar-refractivity contribution >= 4 is 5.97 Å². The predicted molar refractivity (Wildman–Crippen MR) is 49.7 cm³/mol. The molecule has 1 fully saturated rings. The summed E-state index contributed by atoms with van der Waals surface area (Å²) >= 11 is 0. The lowest BCUT2D eigenvalue weighted by atomic mass is 9.85. The van der Waals surface area contributed by atoms with Crippen molar-refractivity contribution in [3.63, 3.8) is 0 Å². The fraction of sp³-hybridized carbons (Fsp3) is 0.900. The Kier molecular flexibility index (Phi) is 2.66. The van der Waals surface area contributed by atoms with Crippen molar-refractivity contribution in [2.45, 2.75) is 57.7 Å². The molecule has 0 radical (unpaired) electrons. The van der Waals surface area contributed by atoms with Gasteiger partial charge in [0.1, 0.15) is 0 Å². The van der Waals surface area contributed by atoms with Crippen molar-refractivity contribution in [1.29, 1.82) is 0 Å². The maximum atomic E-state index is 11.1. The van der Waals surface area contributed by atoms with Crippen LogP contribution in [-0.4, -0.2) is 22.3 Å². The second-order valence-corrected chi connectivity index (χ2v) is 4.37. The fourth-order valence-corrected chi connectivity index (χ4v) is 1.98. The Bertz CT molecular complexity index is 210. The maximum Gasteiger partial charge on any atom is 0.335 e. The molecule has 0 aromatic carbocycles. The summed E-state index contributed by atoms with van der Waals surface area (Å²) in [5.41, 5.74) is -1.21. The van der Waals surface area contributed by atoms with Gasteiger partial charge in [0.15, 0.2) is 5.60 Å². The van der Waals surface area contributed by atoms with Gasteiger partial charge in [-0.05, 0) is 39.5 Å². The molecule has 0 unspecified atom stereocenters. The van der Waals surface area contributed by atoms with E-state index in [2.05, 4.69) is 0 Å². The first-order valence-corrected chi connectivity index (χ1v) is 4.85. The molecule has 1 aliphatic rings. The highest BCUT2D eigenvalue weighted by molar-refractivity contribution is 5.77. The summed E-state index contributed by atoms with van der Waals surface area (Å²) in [5.74, 6) is -0.817. The lowest BCUT2D eigenvalue weighted by Gasteiger charge is -2.42. The molecule has 0 saturated carbocycles. The van der Waals surface area contributed by atoms with E-state index in [1.165, 1.54) is 0 Å². The van der Waals surface area contributed by atoms with Crippen molar-refractivity contribution < 1.29 is 14.6 Å². The van der Waals surface area contributed by atoms with Crippen molar-refractivity contribution in [2.75, 3.05) is 0 Å². The maximum absolute atomic E-state index is 11.1. The summed E-state index contributed by atoms with van der Waals surface area (Å²) in [5, 5.41) is 9.10. The highest BCUT2D eigenvalue weighted by Crippen LogP contribution is 2.37. The Labute approximate surface area is 79.1 Å². The van der Waals surface area contributed by atoms with E-state index in [0.717, 1.165) is 12.8 Å². The van der Waals surface area contributed by atoms with Gasteiger partial charge in [-0.15, -0.1) is 0 Å². The molecular formula is C10H18O3. The minimum absolute atomic E-state index is 0.285. The molecule has 3 heteroatoms. The smallest absolute Gasteiger partial charge is 0.335 e. The van der Waals surface area contributed by atoms with Crippen LogP contribution in [0.25, 0.3) is 0 Å². The van der Waals surface area contributed by atoms with Gasteiger partial charge in [0.2, 0.25) is 0 Å². The summed E-state index contributed by atoms with van der Waals surface area (Å²) in [7, 11) is 0. The third kappa shape index (κ3) is 2.02. The largest absolute Gasteiger partial charge is 0.479 e. The summed E-state index contributed by atoms with van der Waals surface area (Å²) in [6.07, 6.45) is 3.07. The van der Waals surface area contributed by atoms with Crippen LogP contribution in [0.15, 0.2) is 0 Å². The summed E-state index contributed by atoms with van der Waals surface area (Å²) < 4.78 is 5.67. The normalized spacial score (nSPS) is 32.8. The molecule has 0 aromatic heterocycles. The Hall–Kier alpha value is -0.570. The van der Waals surface area contributed by atoms with Gasteiger partial charge in [0.05, 0.1) is 5.60 Å². The van der Waals surface area contributed by atoms with E-state index in [1.807, 2.05) is 20.8 Å². The number of carbonyl (C=O) groups is 1. The van der Waals surface area contributed by atoms with E-state index >= 15 is 0 Å². The highest BCUT2D eigenvalue weighted by Gasteiger charge is 2.45. The number of hydrogen-bond acceptors (Lipinski definition) is 2. The number of ether oxygens (including phenoxy) is 1. The van der Waals surface area contributed by atoms with Crippen LogP contribution in [-0.2, 0) is 9.53 Å². The molecule has 1 N–H and O–H groups in total. The van der Waals surface area contributed by atoms with Gasteiger partial charge in [0.25, 0.3) is 0 Å². The molecule has 0 bridgehead atoms. The average molecular weight is 186 g/mol. The molecule has 0 amide bonds. The highest BCUT2D eigenvalue weighted by atomic mass is 16.5. The first-order valence-electron chi connectivity index (χ1n) is 4.85. The minimum atomic E-state index is -0.929. The summed E-state index contributed by atoms with van der Waals surface area (Å²) in [6.45, 7) is 5.79. The molecule has 1 atom stereocenters. The van der Waals surface area contributed by atoms with Gasteiger partial charge in [-0.3, -0.25) is 0 Å². The van der Waals surface area contributed by atoms with E-state index in [-0.39, 0.29) is 5.60 Å². The van der Waals surface area contributed by atoms with Crippen LogP contribution < -0.4 is 0 Å². The Morgan fingerprint density at radius 1 is 1.46 bits per heavy atom. The lowest BCUT2D eigenvalue weighted by molar-refractivity contribution is -0.203. The van der Waals surface area contributed by atoms with Gasteiger partial charge in [-0.2, -0.15) is 0 Å². The topological polar surface area (TPSA) is 46.5 Å². The molecule has 1 rings (SSSR count). The van der Waals surface area contributed by atoms with Crippen molar-refractivity contribution in [1.82, 2.24) is 0 Å². The summed E-state index contributed by atoms with van der Waals surface area (Å²) in [6, 6.07) is 0. The van der Waals surface area contributed by atoms with E-state index < -0.39 is 11.6 Å². The number of hydrogen-bond donors (Lipinski definition) is 1. The molecular weight excluding hydrogens is 168 g/mol. The first kappa shape index (κ1) is 10.5. The van der Waals surface area contributed by atoms with Crippen molar-refractivity contribution in [3.8, 4) is 0 Å². The predicted octanol–water partition coefficient (Wildman–Crippen LogP) is 2.20. The van der Waals surface area contributed by atoms with E-state index in [0.29, 0.717) is 12.8 Å². The van der Waals surface area contributed by atoms with Crippen LogP contribution in [0, 0.1) is 0 Å². The van der Waals surface area contributed by atoms with Crippen LogP contribution in [0.4, 0.5) is 0 Å². The monoisotopic (exact) mass is 186 g/mol. The van der Waals surface area contributed by atoms with Gasteiger partial charge >= 0.3 is 5.97 Å². The van der Waals surface area contributed by atoms with Crippen LogP contribution in [0.2, 0.25) is 0 Å². The number of carboxylic acids is 1. The summed E-state index contributed by atoms with van der Waals surface area (Å²) in [4.78, 5) is 11.1. The Morgan fingerprint density at radius 2 is 2.08 bits per heavy atom. The number of aliphatic carboxylic acids is 1. The number of carboxylic acid groups (broad SMARTS) is 1. The standard InChI is InChI=1S/C10H18O3/c1-4-10(8(11)12)7-5-6-9(2,3)13-10/h4-7H2,1-3H3,(H,11,12)/t10-/m0/s1. The van der Waals surface area contributed by atoms with Crippen LogP contribution in [0.5, 0.6) is 0 Å².